The van der Waals surface area contributed by atoms with Gasteiger partial charge in [0.25, 0.3) is 0 Å². The largest absolute Gasteiger partial charge is 0.478 e. The van der Waals surface area contributed by atoms with Crippen LogP contribution in [0, 0.1) is 5.41 Å². The molecule has 0 saturated heterocycles. The summed E-state index contributed by atoms with van der Waals surface area (Å²) in [5.41, 5.74) is -2.86. The zero-order chi connectivity index (χ0) is 33.9. The molecular formula is C18H13F19O4. The van der Waals surface area contributed by atoms with E-state index in [9.17, 15) is 93.0 Å². The lowest BCUT2D eigenvalue weighted by Gasteiger charge is -2.45. The molecule has 1 N–H and O–H groups in total. The first-order chi connectivity index (χ1) is 17.4. The molecule has 0 spiro atoms. The molecule has 4 nitrogen and oxygen atoms in total. The van der Waals surface area contributed by atoms with Crippen molar-refractivity contribution in [3.8, 4) is 0 Å². The fourth-order valence-corrected chi connectivity index (χ4v) is 2.63. The predicted octanol–water partition coefficient (Wildman–Crippen LogP) is 7.23. The molecule has 0 fully saturated rings. The van der Waals surface area contributed by atoms with Crippen molar-refractivity contribution < 1.29 is 103 Å². The van der Waals surface area contributed by atoms with Crippen LogP contribution in [-0.4, -0.2) is 76.7 Å². The maximum absolute atomic E-state index is 14.6. The van der Waals surface area contributed by atoms with Crippen LogP contribution >= 0.6 is 0 Å². The van der Waals surface area contributed by atoms with Gasteiger partial charge in [0.05, 0.1) is 0 Å². The van der Waals surface area contributed by atoms with Gasteiger partial charge in [0.15, 0.2) is 6.10 Å². The van der Waals surface area contributed by atoms with E-state index < -0.39 is 77.0 Å². The number of carbonyl (C=O) groups excluding carboxylic acids is 1. The molecule has 0 aromatic heterocycles. The molecule has 0 radical (unpaired) electrons. The van der Waals surface area contributed by atoms with Crippen LogP contribution < -0.4 is 0 Å². The number of hydrogen-bond acceptors (Lipinski definition) is 3. The third-order valence-corrected chi connectivity index (χ3v) is 4.85. The molecule has 1 atom stereocenters. The first kappa shape index (κ1) is 38.4. The van der Waals surface area contributed by atoms with E-state index >= 15 is 0 Å². The highest BCUT2D eigenvalue weighted by Crippen LogP contribution is 2.65. The number of rotatable bonds is 11. The van der Waals surface area contributed by atoms with Crippen molar-refractivity contribution in [3.63, 3.8) is 0 Å². The van der Waals surface area contributed by atoms with Gasteiger partial charge in [-0.25, -0.2) is 9.59 Å². The topological polar surface area (TPSA) is 63.6 Å². The van der Waals surface area contributed by atoms with Crippen LogP contribution in [0.3, 0.4) is 0 Å². The van der Waals surface area contributed by atoms with Crippen LogP contribution in [0.5, 0.6) is 0 Å². The third kappa shape index (κ3) is 5.72. The summed E-state index contributed by atoms with van der Waals surface area (Å²) in [6, 6.07) is 0. The van der Waals surface area contributed by atoms with E-state index in [4.69, 9.17) is 5.11 Å². The van der Waals surface area contributed by atoms with E-state index in [0.717, 1.165) is 0 Å². The van der Waals surface area contributed by atoms with Crippen LogP contribution in [0.2, 0.25) is 0 Å². The molecule has 0 amide bonds. The number of alkyl halides is 19. The van der Waals surface area contributed by atoms with Crippen molar-refractivity contribution in [2.24, 2.45) is 5.41 Å². The quantitative estimate of drug-likeness (QED) is 0.145. The Morgan fingerprint density at radius 1 is 0.537 bits per heavy atom. The summed E-state index contributed by atoms with van der Waals surface area (Å²) in [4.78, 5) is 21.8. The number of carbonyl (C=O) groups is 2. The van der Waals surface area contributed by atoms with Gasteiger partial charge in [-0.3, -0.25) is 0 Å². The van der Waals surface area contributed by atoms with E-state index in [1.54, 1.807) is 0 Å². The standard InChI is InChI=1S/C18H13F19O4/c1-9(2,3)8(41-7(40)5-4-6(38)39)10(19,20)11(21,22)12(23,24)13(25,26)14(27,28)15(29,30)16(31,32)17(33,34)18(35,36)37/h4-5,8H,1-3H3,(H,38,39)/b5-4+. The van der Waals surface area contributed by atoms with E-state index in [1.165, 1.54) is 0 Å². The van der Waals surface area contributed by atoms with Crippen molar-refractivity contribution in [1.29, 1.82) is 0 Å². The maximum atomic E-state index is 14.6. The lowest BCUT2D eigenvalue weighted by molar-refractivity contribution is -0.471. The number of carboxylic acids is 1. The molecule has 0 bridgehead atoms. The van der Waals surface area contributed by atoms with Crippen molar-refractivity contribution in [2.75, 3.05) is 0 Å². The minimum atomic E-state index is -9.08. The van der Waals surface area contributed by atoms with Crippen LogP contribution in [0.1, 0.15) is 20.8 Å². The van der Waals surface area contributed by atoms with Crippen molar-refractivity contribution in [3.05, 3.63) is 12.2 Å². The second-order valence-corrected chi connectivity index (χ2v) is 9.00. The number of halogens is 19. The highest BCUT2D eigenvalue weighted by atomic mass is 19.4. The molecule has 0 aromatic rings. The summed E-state index contributed by atoms with van der Waals surface area (Å²) < 4.78 is 260. The average Bonchev–Trinajstić information content (AvgIpc) is 2.73. The third-order valence-electron chi connectivity index (χ3n) is 4.85. The SMILES string of the molecule is CC(C)(C)C(OC(=O)/C=C/C(=O)O)C(F)(F)C(F)(F)C(F)(F)C(F)(F)C(F)(F)C(F)(F)C(F)(F)C(F)(F)C(F)(F)F. The van der Waals surface area contributed by atoms with E-state index in [1.807, 2.05) is 0 Å². The van der Waals surface area contributed by atoms with Crippen LogP contribution in [-0.2, 0) is 14.3 Å². The Balaban J connectivity index is 7.17. The summed E-state index contributed by atoms with van der Waals surface area (Å²) in [6.45, 7) is 0.859. The smallest absolute Gasteiger partial charge is 0.460 e. The second-order valence-electron chi connectivity index (χ2n) is 9.00. The molecule has 0 heterocycles. The fraction of sp³-hybridized carbons (Fsp3) is 0.778. The number of ether oxygens (including phenoxy) is 1. The first-order valence-corrected chi connectivity index (χ1v) is 9.65. The lowest BCUT2D eigenvalue weighted by Crippen LogP contribution is -2.76. The van der Waals surface area contributed by atoms with Gasteiger partial charge < -0.3 is 9.84 Å². The molecule has 0 saturated carbocycles. The lowest BCUT2D eigenvalue weighted by atomic mass is 9.79. The van der Waals surface area contributed by atoms with E-state index in [2.05, 4.69) is 4.74 Å². The Labute approximate surface area is 214 Å². The minimum absolute atomic E-state index is 0.249. The maximum Gasteiger partial charge on any atom is 0.460 e. The van der Waals surface area contributed by atoms with Crippen LogP contribution in [0.15, 0.2) is 12.2 Å². The van der Waals surface area contributed by atoms with Crippen molar-refractivity contribution in [2.45, 2.75) is 80.4 Å². The molecule has 0 aliphatic carbocycles. The number of hydrogen-bond donors (Lipinski definition) is 1. The van der Waals surface area contributed by atoms with Gasteiger partial charge in [-0.2, -0.15) is 83.4 Å². The van der Waals surface area contributed by atoms with Gasteiger partial charge in [0.2, 0.25) is 0 Å². The molecule has 23 heteroatoms. The number of esters is 1. The fourth-order valence-electron chi connectivity index (χ4n) is 2.63. The molecule has 242 valence electrons. The molecule has 0 aliphatic heterocycles. The number of aliphatic carboxylic acids is 1. The summed E-state index contributed by atoms with van der Waals surface area (Å²) in [5.74, 6) is -72.9. The minimum Gasteiger partial charge on any atom is -0.478 e. The first-order valence-electron chi connectivity index (χ1n) is 9.65. The van der Waals surface area contributed by atoms with Gasteiger partial charge >= 0.3 is 65.5 Å². The highest BCUT2D eigenvalue weighted by Gasteiger charge is 2.97. The molecular weight excluding hydrogens is 641 g/mol. The molecule has 0 aromatic carbocycles. The summed E-state index contributed by atoms with van der Waals surface area (Å²) in [7, 11) is 0. The number of carboxylic acid groups (broad SMARTS) is 1. The van der Waals surface area contributed by atoms with Gasteiger partial charge in [-0.1, -0.05) is 20.8 Å². The molecule has 0 rings (SSSR count). The van der Waals surface area contributed by atoms with E-state index in [-0.39, 0.29) is 32.9 Å². The Kier molecular flexibility index (Phi) is 9.60. The zero-order valence-corrected chi connectivity index (χ0v) is 19.6. The normalized spacial score (nSPS) is 16.6. The Morgan fingerprint density at radius 3 is 1.10 bits per heavy atom. The Morgan fingerprint density at radius 2 is 0.829 bits per heavy atom. The molecule has 1 unspecified atom stereocenters. The second kappa shape index (κ2) is 10.3. The molecule has 41 heavy (non-hydrogen) atoms. The predicted molar refractivity (Wildman–Crippen MR) is 91.7 cm³/mol. The summed E-state index contributed by atoms with van der Waals surface area (Å²) >= 11 is 0. The van der Waals surface area contributed by atoms with Crippen LogP contribution in [0.25, 0.3) is 0 Å². The highest BCUT2D eigenvalue weighted by molar-refractivity contribution is 5.90. The van der Waals surface area contributed by atoms with Gasteiger partial charge in [0, 0.05) is 17.6 Å². The average molecular weight is 654 g/mol. The van der Waals surface area contributed by atoms with Gasteiger partial charge in [-0.15, -0.1) is 0 Å². The summed E-state index contributed by atoms with van der Waals surface area (Å²) in [6.07, 6.45) is -12.8. The monoisotopic (exact) mass is 654 g/mol. The van der Waals surface area contributed by atoms with Crippen molar-refractivity contribution >= 4 is 11.9 Å². The van der Waals surface area contributed by atoms with Gasteiger partial charge in [0.1, 0.15) is 0 Å². The molecule has 0 aliphatic rings. The zero-order valence-electron chi connectivity index (χ0n) is 19.6. The van der Waals surface area contributed by atoms with E-state index in [0.29, 0.717) is 0 Å². The Bertz CT molecular complexity index is 1020. The summed E-state index contributed by atoms with van der Waals surface area (Å²) in [5, 5.41) is 8.30. The van der Waals surface area contributed by atoms with Crippen molar-refractivity contribution in [1.82, 2.24) is 0 Å². The van der Waals surface area contributed by atoms with Crippen LogP contribution in [0.4, 0.5) is 83.4 Å². The van der Waals surface area contributed by atoms with Gasteiger partial charge in [-0.05, 0) is 0 Å². The Hall–Kier alpha value is -2.65.